The second-order valence-corrected chi connectivity index (χ2v) is 5.35. The van der Waals surface area contributed by atoms with E-state index in [1.165, 1.54) is 18.2 Å². The van der Waals surface area contributed by atoms with Crippen LogP contribution in [0.25, 0.3) is 0 Å². The highest BCUT2D eigenvalue weighted by Gasteiger charge is 2.29. The summed E-state index contributed by atoms with van der Waals surface area (Å²) in [5, 5.41) is 24.5. The van der Waals surface area contributed by atoms with E-state index >= 15 is 0 Å². The lowest BCUT2D eigenvalue weighted by atomic mass is 9.82. The summed E-state index contributed by atoms with van der Waals surface area (Å²) in [6, 6.07) is 3.92. The molecule has 7 heteroatoms. The molecule has 1 N–H and O–H groups in total. The van der Waals surface area contributed by atoms with Gasteiger partial charge in [-0.2, -0.15) is 0 Å². The minimum Gasteiger partial charge on any atom is -0.550 e. The van der Waals surface area contributed by atoms with Crippen molar-refractivity contribution in [2.45, 2.75) is 12.8 Å². The molecule has 0 saturated carbocycles. The number of carboxylic acids is 2. The molecular weight excluding hydrogens is 310 g/mol. The maximum atomic E-state index is 12.2. The van der Waals surface area contributed by atoms with Crippen molar-refractivity contribution in [3.05, 3.63) is 40.9 Å². The molecule has 0 spiro atoms. The first-order chi connectivity index (χ1) is 10.4. The number of carboxylic acid groups (broad SMARTS) is 2. The normalized spacial score (nSPS) is 20.4. The highest BCUT2D eigenvalue weighted by Crippen LogP contribution is 2.27. The van der Waals surface area contributed by atoms with Gasteiger partial charge in [0, 0.05) is 28.2 Å². The molecule has 1 amide bonds. The molecule has 1 aliphatic carbocycles. The lowest BCUT2D eigenvalue weighted by Gasteiger charge is -2.28. The number of hydrogen-bond donors (Lipinski definition) is 1. The highest BCUT2D eigenvalue weighted by atomic mass is 35.5. The second kappa shape index (κ2) is 6.62. The molecule has 0 unspecified atom stereocenters. The van der Waals surface area contributed by atoms with Crippen molar-refractivity contribution in [3.8, 4) is 0 Å². The van der Waals surface area contributed by atoms with Gasteiger partial charge in [-0.1, -0.05) is 23.8 Å². The fourth-order valence-electron chi connectivity index (χ4n) is 2.36. The molecule has 1 aromatic carbocycles. The van der Waals surface area contributed by atoms with Gasteiger partial charge in [0.2, 0.25) is 5.91 Å². The molecule has 1 aromatic rings. The van der Waals surface area contributed by atoms with Crippen LogP contribution in [-0.4, -0.2) is 17.8 Å². The van der Waals surface area contributed by atoms with E-state index < -0.39 is 29.7 Å². The van der Waals surface area contributed by atoms with Crippen LogP contribution in [0.15, 0.2) is 30.4 Å². The van der Waals surface area contributed by atoms with E-state index in [0.717, 1.165) is 0 Å². The lowest BCUT2D eigenvalue weighted by molar-refractivity contribution is -0.313. The van der Waals surface area contributed by atoms with Crippen LogP contribution in [-0.2, 0) is 9.59 Å². The number of allylic oxidation sites excluding steroid dienone is 2. The number of nitrogens with one attached hydrogen (secondary N) is 1. The van der Waals surface area contributed by atoms with Gasteiger partial charge in [0.05, 0.1) is 11.9 Å². The van der Waals surface area contributed by atoms with Crippen LogP contribution < -0.4 is 15.5 Å². The van der Waals surface area contributed by atoms with Crippen molar-refractivity contribution in [2.75, 3.05) is 5.32 Å². The van der Waals surface area contributed by atoms with Crippen LogP contribution in [0.2, 0.25) is 5.02 Å². The second-order valence-electron chi connectivity index (χ2n) is 4.95. The van der Waals surface area contributed by atoms with Crippen molar-refractivity contribution < 1.29 is 24.6 Å². The summed E-state index contributed by atoms with van der Waals surface area (Å²) in [5.41, 5.74) is -0.0419. The average molecular weight is 322 g/mol. The Kier molecular flexibility index (Phi) is 4.82. The van der Waals surface area contributed by atoms with Crippen LogP contribution in [0.4, 0.5) is 5.69 Å². The zero-order valence-electron chi connectivity index (χ0n) is 11.4. The first kappa shape index (κ1) is 16.0. The molecule has 0 heterocycles. The summed E-state index contributed by atoms with van der Waals surface area (Å²) in [4.78, 5) is 34.2. The lowest BCUT2D eigenvalue weighted by Crippen LogP contribution is -2.41. The van der Waals surface area contributed by atoms with Gasteiger partial charge in [0.1, 0.15) is 0 Å². The number of anilines is 1. The molecule has 0 aliphatic heterocycles. The summed E-state index contributed by atoms with van der Waals surface area (Å²) in [6.07, 6.45) is 3.94. The van der Waals surface area contributed by atoms with E-state index in [4.69, 9.17) is 11.6 Å². The molecule has 0 aromatic heterocycles. The van der Waals surface area contributed by atoms with E-state index in [1.807, 2.05) is 0 Å². The van der Waals surface area contributed by atoms with Crippen molar-refractivity contribution >= 4 is 35.1 Å². The number of carbonyl (C=O) groups excluding carboxylic acids is 3. The third-order valence-electron chi connectivity index (χ3n) is 3.53. The highest BCUT2D eigenvalue weighted by molar-refractivity contribution is 6.33. The molecule has 116 valence electrons. The number of carbonyl (C=O) groups is 3. The Morgan fingerprint density at radius 3 is 2.32 bits per heavy atom. The third-order valence-corrected chi connectivity index (χ3v) is 3.86. The Morgan fingerprint density at radius 1 is 1.09 bits per heavy atom. The van der Waals surface area contributed by atoms with Gasteiger partial charge in [0.25, 0.3) is 0 Å². The predicted molar refractivity (Wildman–Crippen MR) is 74.8 cm³/mol. The topological polar surface area (TPSA) is 109 Å². The van der Waals surface area contributed by atoms with E-state index in [-0.39, 0.29) is 29.1 Å². The van der Waals surface area contributed by atoms with Gasteiger partial charge in [-0.25, -0.2) is 0 Å². The Labute approximate surface area is 131 Å². The number of hydrogen-bond acceptors (Lipinski definition) is 5. The maximum Gasteiger partial charge on any atom is 0.228 e. The largest absolute Gasteiger partial charge is 0.550 e. The number of benzene rings is 1. The van der Waals surface area contributed by atoms with Gasteiger partial charge in [-0.3, -0.25) is 4.79 Å². The minimum atomic E-state index is -1.46. The molecule has 1 aliphatic rings. The molecule has 2 rings (SSSR count). The van der Waals surface area contributed by atoms with Crippen LogP contribution in [0.1, 0.15) is 23.2 Å². The van der Waals surface area contributed by atoms with Crippen LogP contribution in [0, 0.1) is 11.8 Å². The fourth-order valence-corrected chi connectivity index (χ4v) is 2.55. The van der Waals surface area contributed by atoms with Crippen molar-refractivity contribution in [1.29, 1.82) is 0 Å². The van der Waals surface area contributed by atoms with Crippen molar-refractivity contribution in [1.82, 2.24) is 0 Å². The molecule has 2 atom stereocenters. The molecule has 0 saturated heterocycles. The quantitative estimate of drug-likeness (QED) is 0.783. The zero-order valence-corrected chi connectivity index (χ0v) is 12.1. The molecular formula is C15H12ClNO5-2. The van der Waals surface area contributed by atoms with Crippen LogP contribution in [0.3, 0.4) is 0 Å². The number of aromatic carboxylic acids is 1. The number of amides is 1. The zero-order chi connectivity index (χ0) is 16.3. The molecule has 0 radical (unpaired) electrons. The number of halogens is 1. The van der Waals surface area contributed by atoms with Crippen molar-refractivity contribution in [3.63, 3.8) is 0 Å². The summed E-state index contributed by atoms with van der Waals surface area (Å²) >= 11 is 5.71. The summed E-state index contributed by atoms with van der Waals surface area (Å²) in [6.45, 7) is 0. The average Bonchev–Trinajstić information content (AvgIpc) is 2.48. The third kappa shape index (κ3) is 3.46. The smallest absolute Gasteiger partial charge is 0.228 e. The van der Waals surface area contributed by atoms with Crippen molar-refractivity contribution in [2.24, 2.45) is 11.8 Å². The summed E-state index contributed by atoms with van der Waals surface area (Å²) in [5.74, 6) is -4.93. The van der Waals surface area contributed by atoms with E-state index in [9.17, 15) is 24.6 Å². The molecule has 0 fully saturated rings. The Morgan fingerprint density at radius 2 is 1.73 bits per heavy atom. The monoisotopic (exact) mass is 321 g/mol. The molecule has 22 heavy (non-hydrogen) atoms. The molecule has 0 bridgehead atoms. The predicted octanol–water partition coefficient (Wildman–Crippen LogP) is -0.0257. The first-order valence-corrected chi connectivity index (χ1v) is 6.95. The maximum absolute atomic E-state index is 12.2. The van der Waals surface area contributed by atoms with E-state index in [0.29, 0.717) is 0 Å². The standard InChI is InChI=1S/C15H14ClNO5/c16-12-6-5-8(7-11(12)15(21)22)17-13(18)9-3-1-2-4-10(9)14(19)20/h1-2,5-7,9-10H,3-4H2,(H,17,18)(H,19,20)(H,21,22)/p-2/t9-,10-/m1/s1. The van der Waals surface area contributed by atoms with Gasteiger partial charge >= 0.3 is 0 Å². The Balaban J connectivity index is 2.18. The van der Waals surface area contributed by atoms with Crippen LogP contribution >= 0.6 is 11.6 Å². The van der Waals surface area contributed by atoms with Gasteiger partial charge < -0.3 is 25.1 Å². The summed E-state index contributed by atoms with van der Waals surface area (Å²) < 4.78 is 0. The van der Waals surface area contributed by atoms with Gasteiger partial charge in [-0.05, 0) is 31.0 Å². The summed E-state index contributed by atoms with van der Waals surface area (Å²) in [7, 11) is 0. The molecule has 6 nitrogen and oxygen atoms in total. The minimum absolute atomic E-state index is 0.00814. The van der Waals surface area contributed by atoms with Gasteiger partial charge in [-0.15, -0.1) is 0 Å². The Bertz CT molecular complexity index is 655. The fraction of sp³-hybridized carbons (Fsp3) is 0.267. The van der Waals surface area contributed by atoms with Gasteiger partial charge in [0.15, 0.2) is 0 Å². The Hall–Kier alpha value is -2.34. The van der Waals surface area contributed by atoms with E-state index in [2.05, 4.69) is 5.32 Å². The first-order valence-electron chi connectivity index (χ1n) is 6.57. The number of aliphatic carboxylic acids is 1. The SMILES string of the molecule is O=C([O-])c1cc(NC(=O)[C@@H]2CC=CC[C@H]2C(=O)[O-])ccc1Cl. The van der Waals surface area contributed by atoms with E-state index in [1.54, 1.807) is 12.2 Å². The van der Waals surface area contributed by atoms with Crippen LogP contribution in [0.5, 0.6) is 0 Å². The number of rotatable bonds is 4.